The van der Waals surface area contributed by atoms with Crippen molar-refractivity contribution in [2.75, 3.05) is 18.0 Å². The molecule has 0 saturated carbocycles. The van der Waals surface area contributed by atoms with Gasteiger partial charge in [0.05, 0.1) is 30.4 Å². The molecule has 1 aliphatic rings. The first-order chi connectivity index (χ1) is 13.1. The Hall–Kier alpha value is -3.40. The molecule has 2 N–H and O–H groups in total. The van der Waals surface area contributed by atoms with Crippen LogP contribution in [0.4, 0.5) is 5.69 Å². The third-order valence-electron chi connectivity index (χ3n) is 5.14. The van der Waals surface area contributed by atoms with Gasteiger partial charge in [0.2, 0.25) is 5.62 Å². The molecule has 3 aromatic rings. The molecule has 4 rings (SSSR count). The Morgan fingerprint density at radius 1 is 1.22 bits per heavy atom. The molecule has 0 atom stereocenters. The maximum atomic E-state index is 9.42. The molecular weight excluding hydrogens is 338 g/mol. The maximum absolute atomic E-state index is 9.42. The van der Waals surface area contributed by atoms with Gasteiger partial charge in [-0.25, -0.2) is 4.98 Å². The summed E-state index contributed by atoms with van der Waals surface area (Å²) < 4.78 is 3.68. The van der Waals surface area contributed by atoms with Crippen LogP contribution < -0.4 is 10.5 Å². The van der Waals surface area contributed by atoms with Gasteiger partial charge in [-0.1, -0.05) is 18.2 Å². The Bertz CT molecular complexity index is 1130. The first-order valence-corrected chi connectivity index (χ1v) is 8.98. The SMILES string of the molecule is Cn1c(=N)n(Cc2ccccc2C#N)c2c(N3CCCC(=N)C3)ccnc21. The van der Waals surface area contributed by atoms with Gasteiger partial charge in [-0.05, 0) is 30.5 Å². The fourth-order valence-electron chi connectivity index (χ4n) is 3.75. The van der Waals surface area contributed by atoms with Crippen molar-refractivity contribution in [3.63, 3.8) is 0 Å². The first kappa shape index (κ1) is 17.0. The van der Waals surface area contributed by atoms with Crippen LogP contribution in [-0.4, -0.2) is 32.9 Å². The van der Waals surface area contributed by atoms with Gasteiger partial charge in [-0.3, -0.25) is 9.98 Å². The summed E-state index contributed by atoms with van der Waals surface area (Å²) in [5, 5.41) is 26.1. The molecule has 2 aromatic heterocycles. The summed E-state index contributed by atoms with van der Waals surface area (Å²) in [6.45, 7) is 1.93. The summed E-state index contributed by atoms with van der Waals surface area (Å²) in [4.78, 5) is 6.69. The Kier molecular flexibility index (Phi) is 4.24. The van der Waals surface area contributed by atoms with Gasteiger partial charge in [0.25, 0.3) is 0 Å². The van der Waals surface area contributed by atoms with Crippen molar-refractivity contribution < 1.29 is 0 Å². The molecule has 136 valence electrons. The predicted molar refractivity (Wildman–Crippen MR) is 104 cm³/mol. The molecule has 7 heteroatoms. The van der Waals surface area contributed by atoms with Crippen molar-refractivity contribution in [1.29, 1.82) is 16.1 Å². The zero-order chi connectivity index (χ0) is 19.0. The molecule has 1 fully saturated rings. The number of nitriles is 1. The van der Waals surface area contributed by atoms with E-state index in [1.54, 1.807) is 16.8 Å². The van der Waals surface area contributed by atoms with E-state index in [1.807, 2.05) is 35.9 Å². The third-order valence-corrected chi connectivity index (χ3v) is 5.14. The quantitative estimate of drug-likeness (QED) is 0.751. The maximum Gasteiger partial charge on any atom is 0.204 e. The van der Waals surface area contributed by atoms with Crippen LogP contribution in [0.5, 0.6) is 0 Å². The van der Waals surface area contributed by atoms with Crippen LogP contribution in [0.3, 0.4) is 0 Å². The molecule has 0 unspecified atom stereocenters. The van der Waals surface area contributed by atoms with E-state index in [4.69, 9.17) is 10.8 Å². The van der Waals surface area contributed by atoms with Crippen molar-refractivity contribution >= 4 is 22.6 Å². The number of nitrogens with one attached hydrogen (secondary N) is 2. The van der Waals surface area contributed by atoms with Gasteiger partial charge in [-0.15, -0.1) is 0 Å². The molecule has 0 bridgehead atoms. The standard InChI is InChI=1S/C20H21N7/c1-25-19-18(17(8-9-24-19)26-10-4-7-16(22)13-26)27(20(25)23)12-15-6-3-2-5-14(15)11-21/h2-3,5-6,8-9,22-23H,4,7,10,12-13H2,1H3. The van der Waals surface area contributed by atoms with Gasteiger partial charge in [0, 0.05) is 25.5 Å². The highest BCUT2D eigenvalue weighted by molar-refractivity contribution is 5.92. The van der Waals surface area contributed by atoms with Crippen molar-refractivity contribution in [3.8, 4) is 6.07 Å². The summed E-state index contributed by atoms with van der Waals surface area (Å²) in [5.41, 5.74) is 5.18. The van der Waals surface area contributed by atoms with Gasteiger partial charge >= 0.3 is 0 Å². The summed E-state index contributed by atoms with van der Waals surface area (Å²) in [5.74, 6) is 0. The van der Waals surface area contributed by atoms with Gasteiger partial charge in [0.15, 0.2) is 5.65 Å². The summed E-state index contributed by atoms with van der Waals surface area (Å²) in [7, 11) is 1.84. The van der Waals surface area contributed by atoms with E-state index in [-0.39, 0.29) is 0 Å². The van der Waals surface area contributed by atoms with E-state index in [0.717, 1.165) is 47.5 Å². The van der Waals surface area contributed by atoms with Crippen LogP contribution in [-0.2, 0) is 13.6 Å². The van der Waals surface area contributed by atoms with E-state index < -0.39 is 0 Å². The minimum Gasteiger partial charge on any atom is -0.364 e. The van der Waals surface area contributed by atoms with E-state index in [1.165, 1.54) is 0 Å². The summed E-state index contributed by atoms with van der Waals surface area (Å²) in [6, 6.07) is 11.7. The van der Waals surface area contributed by atoms with Crippen LogP contribution >= 0.6 is 0 Å². The lowest BCUT2D eigenvalue weighted by molar-refractivity contribution is 0.690. The Morgan fingerprint density at radius 2 is 2.04 bits per heavy atom. The van der Waals surface area contributed by atoms with E-state index in [2.05, 4.69) is 16.0 Å². The van der Waals surface area contributed by atoms with E-state index in [0.29, 0.717) is 24.3 Å². The predicted octanol–water partition coefficient (Wildman–Crippen LogP) is 2.39. The number of rotatable bonds is 3. The summed E-state index contributed by atoms with van der Waals surface area (Å²) in [6.07, 6.45) is 3.57. The second-order valence-corrected chi connectivity index (χ2v) is 6.87. The smallest absolute Gasteiger partial charge is 0.204 e. The highest BCUT2D eigenvalue weighted by atomic mass is 15.2. The average molecular weight is 359 g/mol. The van der Waals surface area contributed by atoms with Gasteiger partial charge < -0.3 is 14.9 Å². The highest BCUT2D eigenvalue weighted by Gasteiger charge is 2.21. The molecule has 0 aliphatic carbocycles. The summed E-state index contributed by atoms with van der Waals surface area (Å²) >= 11 is 0. The van der Waals surface area contributed by atoms with Crippen molar-refractivity contribution in [2.24, 2.45) is 7.05 Å². The third kappa shape index (κ3) is 2.89. The molecule has 0 amide bonds. The fourth-order valence-corrected chi connectivity index (χ4v) is 3.75. The lowest BCUT2D eigenvalue weighted by atomic mass is 10.1. The number of anilines is 1. The molecular formula is C20H21N7. The zero-order valence-electron chi connectivity index (χ0n) is 15.2. The number of imidazole rings is 1. The van der Waals surface area contributed by atoms with Crippen LogP contribution in [0, 0.1) is 22.1 Å². The lowest BCUT2D eigenvalue weighted by Crippen LogP contribution is -2.35. The van der Waals surface area contributed by atoms with Crippen LogP contribution in [0.1, 0.15) is 24.0 Å². The van der Waals surface area contributed by atoms with Crippen LogP contribution in [0.25, 0.3) is 11.2 Å². The monoisotopic (exact) mass is 359 g/mol. The minimum absolute atomic E-state index is 0.338. The number of fused-ring (bicyclic) bond motifs is 1. The number of hydrogen-bond donors (Lipinski definition) is 2. The molecule has 0 spiro atoms. The number of hydrogen-bond acceptors (Lipinski definition) is 5. The van der Waals surface area contributed by atoms with Gasteiger partial charge in [-0.2, -0.15) is 5.26 Å². The second-order valence-electron chi connectivity index (χ2n) is 6.87. The molecule has 0 radical (unpaired) electrons. The van der Waals surface area contributed by atoms with Crippen LogP contribution in [0.15, 0.2) is 36.5 Å². The molecule has 1 aromatic carbocycles. The zero-order valence-corrected chi connectivity index (χ0v) is 15.2. The minimum atomic E-state index is 0.338. The Labute approximate surface area is 157 Å². The number of aryl methyl sites for hydroxylation is 1. The number of benzene rings is 1. The average Bonchev–Trinajstić information content (AvgIpc) is 2.93. The van der Waals surface area contributed by atoms with Crippen molar-refractivity contribution in [2.45, 2.75) is 19.4 Å². The fraction of sp³-hybridized carbons (Fsp3) is 0.300. The number of nitrogens with zero attached hydrogens (tertiary/aromatic N) is 5. The normalized spacial score (nSPS) is 14.5. The van der Waals surface area contributed by atoms with Crippen molar-refractivity contribution in [1.82, 2.24) is 14.1 Å². The van der Waals surface area contributed by atoms with E-state index >= 15 is 0 Å². The molecule has 1 aliphatic heterocycles. The number of aromatic nitrogens is 3. The first-order valence-electron chi connectivity index (χ1n) is 8.98. The topological polar surface area (TPSA) is 97.5 Å². The largest absolute Gasteiger partial charge is 0.364 e. The Morgan fingerprint density at radius 3 is 2.81 bits per heavy atom. The molecule has 3 heterocycles. The number of piperidine rings is 1. The van der Waals surface area contributed by atoms with Gasteiger partial charge in [0.1, 0.15) is 5.52 Å². The van der Waals surface area contributed by atoms with Crippen molar-refractivity contribution in [3.05, 3.63) is 53.3 Å². The highest BCUT2D eigenvalue weighted by Crippen LogP contribution is 2.27. The molecule has 7 nitrogen and oxygen atoms in total. The Balaban J connectivity index is 1.90. The molecule has 1 saturated heterocycles. The molecule has 27 heavy (non-hydrogen) atoms. The lowest BCUT2D eigenvalue weighted by Gasteiger charge is -2.30. The second kappa shape index (κ2) is 6.72. The van der Waals surface area contributed by atoms with Crippen LogP contribution in [0.2, 0.25) is 0 Å². The van der Waals surface area contributed by atoms with E-state index in [9.17, 15) is 5.26 Å². The number of pyridine rings is 1.